The maximum absolute atomic E-state index is 13.6. The fraction of sp³-hybridized carbons (Fsp3) is 0.276. The quantitative estimate of drug-likeness (QED) is 0.0985. The van der Waals surface area contributed by atoms with Gasteiger partial charge in [0.2, 0.25) is 5.91 Å². The number of anilines is 2. The molecule has 11 heteroatoms. The van der Waals surface area contributed by atoms with Gasteiger partial charge in [-0.15, -0.1) is 0 Å². The summed E-state index contributed by atoms with van der Waals surface area (Å²) >= 11 is 0. The molecule has 2 aromatic carbocycles. The molecule has 2 heterocycles. The number of aryl methyl sites for hydroxylation is 1. The van der Waals surface area contributed by atoms with E-state index >= 15 is 0 Å². The van der Waals surface area contributed by atoms with Gasteiger partial charge in [0.05, 0.1) is 17.6 Å². The average Bonchev–Trinajstić information content (AvgIpc) is 3.29. The van der Waals surface area contributed by atoms with Crippen molar-refractivity contribution in [1.82, 2.24) is 19.9 Å². The van der Waals surface area contributed by atoms with Crippen LogP contribution in [0.15, 0.2) is 66.9 Å². The van der Waals surface area contributed by atoms with Crippen LogP contribution < -0.4 is 27.0 Å². The summed E-state index contributed by atoms with van der Waals surface area (Å²) in [6, 6.07) is 18.1. The lowest BCUT2D eigenvalue weighted by Gasteiger charge is -2.21. The Labute approximate surface area is 233 Å². The third-order valence-corrected chi connectivity index (χ3v) is 6.55. The first-order chi connectivity index (χ1) is 19.4. The molecule has 0 bridgehead atoms. The molecule has 0 saturated carbocycles. The van der Waals surface area contributed by atoms with Crippen LogP contribution in [-0.2, 0) is 18.4 Å². The number of fused-ring (bicyclic) bond motifs is 1. The van der Waals surface area contributed by atoms with Gasteiger partial charge in [-0.2, -0.15) is 0 Å². The molecule has 2 aromatic heterocycles. The Morgan fingerprint density at radius 2 is 1.82 bits per heavy atom. The van der Waals surface area contributed by atoms with Crippen molar-refractivity contribution < 1.29 is 9.59 Å². The molecule has 40 heavy (non-hydrogen) atoms. The van der Waals surface area contributed by atoms with Gasteiger partial charge >= 0.3 is 0 Å². The predicted octanol–water partition coefficient (Wildman–Crippen LogP) is 2.76. The number of rotatable bonds is 13. The molecular weight excluding hydrogens is 506 g/mol. The van der Waals surface area contributed by atoms with Gasteiger partial charge in [-0.1, -0.05) is 6.07 Å². The summed E-state index contributed by atoms with van der Waals surface area (Å²) in [4.78, 5) is 36.7. The van der Waals surface area contributed by atoms with Crippen LogP contribution >= 0.6 is 0 Å². The van der Waals surface area contributed by atoms with Crippen molar-refractivity contribution in [2.45, 2.75) is 25.8 Å². The third kappa shape index (κ3) is 7.00. The lowest BCUT2D eigenvalue weighted by Crippen LogP contribution is -2.36. The summed E-state index contributed by atoms with van der Waals surface area (Å²) in [5.41, 5.74) is 14.6. The van der Waals surface area contributed by atoms with Gasteiger partial charge in [0.1, 0.15) is 17.5 Å². The van der Waals surface area contributed by atoms with E-state index in [1.54, 1.807) is 42.6 Å². The highest BCUT2D eigenvalue weighted by Crippen LogP contribution is 2.21. The number of benzene rings is 2. The Hall–Kier alpha value is -4.77. The average molecular weight is 542 g/mol. The number of imidazole rings is 1. The van der Waals surface area contributed by atoms with Gasteiger partial charge in [0.15, 0.2) is 0 Å². The highest BCUT2D eigenvalue weighted by Gasteiger charge is 2.21. The van der Waals surface area contributed by atoms with Crippen molar-refractivity contribution in [1.29, 1.82) is 5.41 Å². The summed E-state index contributed by atoms with van der Waals surface area (Å²) in [6.45, 7) is 1.81. The van der Waals surface area contributed by atoms with Crippen molar-refractivity contribution >= 4 is 40.2 Å². The second-order valence-electron chi connectivity index (χ2n) is 9.38. The van der Waals surface area contributed by atoms with E-state index in [-0.39, 0.29) is 30.6 Å². The Morgan fingerprint density at radius 1 is 1.05 bits per heavy atom. The minimum absolute atomic E-state index is 0.0236. The number of amidine groups is 1. The lowest BCUT2D eigenvalue weighted by atomic mass is 10.1. The van der Waals surface area contributed by atoms with Crippen LogP contribution in [0.25, 0.3) is 11.0 Å². The zero-order chi connectivity index (χ0) is 28.5. The summed E-state index contributed by atoms with van der Waals surface area (Å²) in [5.74, 6) is 0.912. The molecule has 4 aromatic rings. The highest BCUT2D eigenvalue weighted by molar-refractivity contribution is 6.07. The highest BCUT2D eigenvalue weighted by atomic mass is 16.2. The number of nitrogens with one attached hydrogen (secondary N) is 3. The molecule has 4 rings (SSSR count). The van der Waals surface area contributed by atoms with E-state index in [0.29, 0.717) is 42.1 Å². The Kier molecular flexibility index (Phi) is 9.42. The number of aromatic nitrogens is 3. The van der Waals surface area contributed by atoms with Gasteiger partial charge in [0, 0.05) is 49.6 Å². The van der Waals surface area contributed by atoms with Gasteiger partial charge in [-0.05, 0) is 74.0 Å². The van der Waals surface area contributed by atoms with E-state index in [9.17, 15) is 9.59 Å². The summed E-state index contributed by atoms with van der Waals surface area (Å²) < 4.78 is 1.98. The van der Waals surface area contributed by atoms with E-state index in [0.717, 1.165) is 29.9 Å². The number of nitrogens with zero attached hydrogens (tertiary/aromatic N) is 4. The van der Waals surface area contributed by atoms with Crippen molar-refractivity contribution in [3.8, 4) is 0 Å². The minimum atomic E-state index is -0.257. The maximum atomic E-state index is 13.6. The number of nitrogens with two attached hydrogens (primary N) is 2. The summed E-state index contributed by atoms with van der Waals surface area (Å²) in [6.07, 6.45) is 3.44. The van der Waals surface area contributed by atoms with Gasteiger partial charge in [0.25, 0.3) is 5.91 Å². The fourth-order valence-electron chi connectivity index (χ4n) is 4.28. The van der Waals surface area contributed by atoms with Crippen LogP contribution in [0.5, 0.6) is 0 Å². The standard InChI is InChI=1S/C29H35N9O2/c1-37-24-12-9-21(18-23(24)36-26(37)19-35-22-10-7-20(8-11-22)28(31)32)29(40)38(25-6-2-4-15-33-25)17-13-27(39)34-16-5-3-14-30/h2,4,6-12,15,18,35H,3,5,13-14,16-17,19,30H2,1H3,(H3,31,32)(H,34,39). The molecule has 0 unspecified atom stereocenters. The number of hydrogen-bond acceptors (Lipinski definition) is 7. The molecule has 0 saturated heterocycles. The van der Waals surface area contributed by atoms with E-state index in [4.69, 9.17) is 21.9 Å². The zero-order valence-electron chi connectivity index (χ0n) is 22.6. The van der Waals surface area contributed by atoms with Crippen LogP contribution in [0.3, 0.4) is 0 Å². The SMILES string of the molecule is Cn1c(CNc2ccc(C(=N)N)cc2)nc2cc(C(=O)N(CCC(=O)NCCCCN)c3ccccn3)ccc21. The molecule has 0 aliphatic heterocycles. The Balaban J connectivity index is 1.48. The first kappa shape index (κ1) is 28.2. The van der Waals surface area contributed by atoms with Crippen LogP contribution in [0.4, 0.5) is 11.5 Å². The monoisotopic (exact) mass is 541 g/mol. The molecule has 11 nitrogen and oxygen atoms in total. The second-order valence-corrected chi connectivity index (χ2v) is 9.38. The zero-order valence-corrected chi connectivity index (χ0v) is 22.6. The smallest absolute Gasteiger partial charge is 0.259 e. The van der Waals surface area contributed by atoms with Gasteiger partial charge in [-0.25, -0.2) is 9.97 Å². The number of carbonyl (C=O) groups is 2. The molecule has 0 aliphatic rings. The number of nitrogen functional groups attached to an aromatic ring is 1. The molecule has 7 N–H and O–H groups in total. The lowest BCUT2D eigenvalue weighted by molar-refractivity contribution is -0.120. The van der Waals surface area contributed by atoms with Crippen molar-refractivity contribution in [3.63, 3.8) is 0 Å². The van der Waals surface area contributed by atoms with E-state index < -0.39 is 0 Å². The number of hydrogen-bond donors (Lipinski definition) is 5. The van der Waals surface area contributed by atoms with E-state index in [1.807, 2.05) is 35.9 Å². The topological polar surface area (TPSA) is 168 Å². The Morgan fingerprint density at radius 3 is 2.52 bits per heavy atom. The first-order valence-electron chi connectivity index (χ1n) is 13.2. The van der Waals surface area contributed by atoms with Gasteiger partial charge in [-0.3, -0.25) is 19.9 Å². The minimum Gasteiger partial charge on any atom is -0.384 e. The molecule has 0 aliphatic carbocycles. The molecule has 0 atom stereocenters. The van der Waals surface area contributed by atoms with Crippen molar-refractivity contribution in [2.24, 2.45) is 18.5 Å². The molecular formula is C29H35N9O2. The first-order valence-corrected chi connectivity index (χ1v) is 13.2. The van der Waals surface area contributed by atoms with Gasteiger partial charge < -0.3 is 26.7 Å². The number of carbonyl (C=O) groups excluding carboxylic acids is 2. The molecule has 0 fully saturated rings. The number of pyridine rings is 1. The predicted molar refractivity (Wildman–Crippen MR) is 157 cm³/mol. The summed E-state index contributed by atoms with van der Waals surface area (Å²) in [7, 11) is 1.93. The molecule has 2 amide bonds. The van der Waals surface area contributed by atoms with Crippen molar-refractivity contribution in [3.05, 3.63) is 83.8 Å². The van der Waals surface area contributed by atoms with E-state index in [2.05, 4.69) is 15.6 Å². The van der Waals surface area contributed by atoms with Crippen LogP contribution in [0.2, 0.25) is 0 Å². The third-order valence-electron chi connectivity index (χ3n) is 6.55. The largest absolute Gasteiger partial charge is 0.384 e. The molecule has 0 radical (unpaired) electrons. The molecule has 208 valence electrons. The number of amides is 2. The molecule has 0 spiro atoms. The Bertz CT molecular complexity index is 1470. The van der Waals surface area contributed by atoms with Crippen LogP contribution in [0.1, 0.15) is 41.0 Å². The normalized spacial score (nSPS) is 10.8. The number of unbranched alkanes of at least 4 members (excludes halogenated alkanes) is 1. The van der Waals surface area contributed by atoms with Crippen LogP contribution in [0, 0.1) is 5.41 Å². The summed E-state index contributed by atoms with van der Waals surface area (Å²) in [5, 5.41) is 13.7. The maximum Gasteiger partial charge on any atom is 0.259 e. The fourth-order valence-corrected chi connectivity index (χ4v) is 4.28. The second kappa shape index (κ2) is 13.3. The van der Waals surface area contributed by atoms with Crippen LogP contribution in [-0.4, -0.2) is 51.8 Å². The van der Waals surface area contributed by atoms with E-state index in [1.165, 1.54) is 4.90 Å². The van der Waals surface area contributed by atoms with Crippen molar-refractivity contribution in [2.75, 3.05) is 29.9 Å².